The van der Waals surface area contributed by atoms with E-state index in [1.54, 1.807) is 0 Å². The van der Waals surface area contributed by atoms with E-state index in [9.17, 15) is 4.79 Å². The number of hydrogen-bond acceptors (Lipinski definition) is 2. The highest BCUT2D eigenvalue weighted by atomic mass is 35.5. The van der Waals surface area contributed by atoms with Gasteiger partial charge in [0.15, 0.2) is 0 Å². The van der Waals surface area contributed by atoms with Crippen molar-refractivity contribution >= 4 is 17.5 Å². The van der Waals surface area contributed by atoms with Gasteiger partial charge >= 0.3 is 0 Å². The Labute approximate surface area is 151 Å². The van der Waals surface area contributed by atoms with Crippen LogP contribution < -0.4 is 5.32 Å². The van der Waals surface area contributed by atoms with Crippen LogP contribution in [-0.4, -0.2) is 30.4 Å². The number of nitrogens with zero attached hydrogens (tertiary/aromatic N) is 1. The quantitative estimate of drug-likeness (QED) is 0.740. The SMILES string of the molecule is CC=C(C)CN1CCC(CCC(=O)NCc2cccc(Cl)c2)CC1. The van der Waals surface area contributed by atoms with Crippen molar-refractivity contribution in [3.05, 3.63) is 46.5 Å². The van der Waals surface area contributed by atoms with Crippen LogP contribution in [0.3, 0.4) is 0 Å². The number of carbonyl (C=O) groups excluding carboxylic acids is 1. The lowest BCUT2D eigenvalue weighted by molar-refractivity contribution is -0.121. The summed E-state index contributed by atoms with van der Waals surface area (Å²) < 4.78 is 0. The molecule has 1 amide bonds. The van der Waals surface area contributed by atoms with Gasteiger partial charge < -0.3 is 5.32 Å². The van der Waals surface area contributed by atoms with Crippen molar-refractivity contribution in [1.29, 1.82) is 0 Å². The van der Waals surface area contributed by atoms with Crippen molar-refractivity contribution in [3.8, 4) is 0 Å². The predicted octanol–water partition coefficient (Wildman–Crippen LogP) is 4.41. The zero-order valence-corrected chi connectivity index (χ0v) is 15.6. The highest BCUT2D eigenvalue weighted by Gasteiger charge is 2.19. The fraction of sp³-hybridized carbons (Fsp3) is 0.550. The Morgan fingerprint density at radius 1 is 1.38 bits per heavy atom. The topological polar surface area (TPSA) is 32.3 Å². The van der Waals surface area contributed by atoms with E-state index in [0.29, 0.717) is 23.9 Å². The Hall–Kier alpha value is -1.32. The number of allylic oxidation sites excluding steroid dienone is 1. The first kappa shape index (κ1) is 19.0. The van der Waals surface area contributed by atoms with Crippen molar-refractivity contribution in [2.75, 3.05) is 19.6 Å². The summed E-state index contributed by atoms with van der Waals surface area (Å²) in [5.41, 5.74) is 2.48. The molecule has 1 saturated heterocycles. The molecule has 0 bridgehead atoms. The molecule has 1 aromatic rings. The van der Waals surface area contributed by atoms with Crippen LogP contribution in [0, 0.1) is 5.92 Å². The Balaban J connectivity index is 1.62. The Kier molecular flexibility index (Phi) is 7.80. The van der Waals surface area contributed by atoms with Gasteiger partial charge in [-0.2, -0.15) is 0 Å². The molecule has 3 nitrogen and oxygen atoms in total. The van der Waals surface area contributed by atoms with Gasteiger partial charge in [0.1, 0.15) is 0 Å². The van der Waals surface area contributed by atoms with E-state index in [1.807, 2.05) is 24.3 Å². The average molecular weight is 349 g/mol. The van der Waals surface area contributed by atoms with E-state index in [4.69, 9.17) is 11.6 Å². The molecule has 0 aromatic heterocycles. The summed E-state index contributed by atoms with van der Waals surface area (Å²) in [5.74, 6) is 0.825. The van der Waals surface area contributed by atoms with E-state index in [2.05, 4.69) is 30.1 Å². The Morgan fingerprint density at radius 2 is 2.12 bits per heavy atom. The van der Waals surface area contributed by atoms with Crippen molar-refractivity contribution in [2.45, 2.75) is 46.1 Å². The molecular formula is C20H29ClN2O. The van der Waals surface area contributed by atoms with Crippen LogP contribution in [0.2, 0.25) is 5.02 Å². The van der Waals surface area contributed by atoms with Crippen LogP contribution in [0.1, 0.15) is 45.1 Å². The average Bonchev–Trinajstić information content (AvgIpc) is 2.59. The Morgan fingerprint density at radius 3 is 2.79 bits per heavy atom. The standard InChI is InChI=1S/C20H29ClN2O/c1-3-16(2)15-23-11-9-17(10-12-23)7-8-20(24)22-14-18-5-4-6-19(21)13-18/h3-6,13,17H,7-12,14-15H2,1-2H3,(H,22,24). The first-order valence-corrected chi connectivity index (χ1v) is 9.30. The fourth-order valence-electron chi connectivity index (χ4n) is 3.15. The third-order valence-electron chi connectivity index (χ3n) is 4.83. The van der Waals surface area contributed by atoms with Gasteiger partial charge in [0, 0.05) is 24.5 Å². The summed E-state index contributed by atoms with van der Waals surface area (Å²) in [6.07, 6.45) is 6.23. The minimum Gasteiger partial charge on any atom is -0.352 e. The molecule has 1 N–H and O–H groups in total. The molecule has 0 unspecified atom stereocenters. The zero-order chi connectivity index (χ0) is 17.4. The zero-order valence-electron chi connectivity index (χ0n) is 14.9. The normalized spacial score (nSPS) is 17.0. The highest BCUT2D eigenvalue weighted by molar-refractivity contribution is 6.30. The third kappa shape index (κ3) is 6.66. The molecular weight excluding hydrogens is 320 g/mol. The minimum atomic E-state index is 0.141. The first-order chi connectivity index (χ1) is 11.6. The predicted molar refractivity (Wildman–Crippen MR) is 101 cm³/mol. The number of carbonyl (C=O) groups is 1. The second-order valence-electron chi connectivity index (χ2n) is 6.80. The van der Waals surface area contributed by atoms with E-state index in [1.165, 1.54) is 18.4 Å². The molecule has 0 aliphatic carbocycles. The van der Waals surface area contributed by atoms with Gasteiger partial charge in [0.2, 0.25) is 5.91 Å². The maximum absolute atomic E-state index is 12.0. The minimum absolute atomic E-state index is 0.141. The van der Waals surface area contributed by atoms with Crippen molar-refractivity contribution in [1.82, 2.24) is 10.2 Å². The molecule has 0 radical (unpaired) electrons. The second-order valence-corrected chi connectivity index (χ2v) is 7.24. The van der Waals surface area contributed by atoms with Gasteiger partial charge in [-0.3, -0.25) is 9.69 Å². The van der Waals surface area contributed by atoms with E-state index < -0.39 is 0 Å². The van der Waals surface area contributed by atoms with Gasteiger partial charge in [-0.15, -0.1) is 0 Å². The maximum Gasteiger partial charge on any atom is 0.220 e. The molecule has 1 aliphatic heterocycles. The van der Waals surface area contributed by atoms with E-state index in [0.717, 1.165) is 31.6 Å². The van der Waals surface area contributed by atoms with Crippen LogP contribution in [0.25, 0.3) is 0 Å². The summed E-state index contributed by atoms with van der Waals surface area (Å²) in [4.78, 5) is 14.5. The van der Waals surface area contributed by atoms with Gasteiger partial charge in [0.25, 0.3) is 0 Å². The summed E-state index contributed by atoms with van der Waals surface area (Å²) >= 11 is 5.96. The smallest absolute Gasteiger partial charge is 0.220 e. The molecule has 1 aromatic carbocycles. The van der Waals surface area contributed by atoms with E-state index >= 15 is 0 Å². The number of amides is 1. The maximum atomic E-state index is 12.0. The lowest BCUT2D eigenvalue weighted by Gasteiger charge is -2.32. The number of benzene rings is 1. The van der Waals surface area contributed by atoms with Gasteiger partial charge in [-0.05, 0) is 69.8 Å². The molecule has 132 valence electrons. The molecule has 1 aliphatic rings. The molecule has 1 heterocycles. The number of halogens is 1. The first-order valence-electron chi connectivity index (χ1n) is 8.92. The number of nitrogens with one attached hydrogen (secondary N) is 1. The molecule has 2 rings (SSSR count). The van der Waals surface area contributed by atoms with Crippen molar-refractivity contribution in [3.63, 3.8) is 0 Å². The largest absolute Gasteiger partial charge is 0.352 e. The summed E-state index contributed by atoms with van der Waals surface area (Å²) in [5, 5.41) is 3.70. The molecule has 1 fully saturated rings. The number of likely N-dealkylation sites (tertiary alicyclic amines) is 1. The van der Waals surface area contributed by atoms with Crippen LogP contribution >= 0.6 is 11.6 Å². The van der Waals surface area contributed by atoms with Crippen LogP contribution in [0.4, 0.5) is 0 Å². The van der Waals surface area contributed by atoms with Gasteiger partial charge in [-0.25, -0.2) is 0 Å². The van der Waals surface area contributed by atoms with Crippen molar-refractivity contribution in [2.24, 2.45) is 5.92 Å². The molecule has 0 spiro atoms. The summed E-state index contributed by atoms with van der Waals surface area (Å²) in [6.45, 7) is 8.24. The van der Waals surface area contributed by atoms with Crippen LogP contribution in [0.5, 0.6) is 0 Å². The highest BCUT2D eigenvalue weighted by Crippen LogP contribution is 2.22. The van der Waals surface area contributed by atoms with E-state index in [-0.39, 0.29) is 5.91 Å². The Bertz CT molecular complexity index is 563. The number of piperidine rings is 1. The van der Waals surface area contributed by atoms with Crippen LogP contribution in [-0.2, 0) is 11.3 Å². The molecule has 0 atom stereocenters. The van der Waals surface area contributed by atoms with Gasteiger partial charge in [0.05, 0.1) is 0 Å². The van der Waals surface area contributed by atoms with Crippen LogP contribution in [0.15, 0.2) is 35.9 Å². The number of hydrogen-bond donors (Lipinski definition) is 1. The third-order valence-corrected chi connectivity index (χ3v) is 5.07. The monoisotopic (exact) mass is 348 g/mol. The summed E-state index contributed by atoms with van der Waals surface area (Å²) in [6, 6.07) is 7.63. The summed E-state index contributed by atoms with van der Waals surface area (Å²) in [7, 11) is 0. The number of rotatable bonds is 7. The second kappa shape index (κ2) is 9.85. The molecule has 0 saturated carbocycles. The van der Waals surface area contributed by atoms with Gasteiger partial charge in [-0.1, -0.05) is 35.4 Å². The van der Waals surface area contributed by atoms with Crippen molar-refractivity contribution < 1.29 is 4.79 Å². The molecule has 4 heteroatoms. The molecule has 24 heavy (non-hydrogen) atoms. The lowest BCUT2D eigenvalue weighted by atomic mass is 9.92. The lowest BCUT2D eigenvalue weighted by Crippen LogP contribution is -2.35. The fourth-order valence-corrected chi connectivity index (χ4v) is 3.36.